The highest BCUT2D eigenvalue weighted by Gasteiger charge is 2.16. The molecule has 0 saturated heterocycles. The molecule has 2 aromatic carbocycles. The number of anilines is 2. The van der Waals surface area contributed by atoms with Crippen LogP contribution in [0.15, 0.2) is 65.8 Å². The number of nitrogens with zero attached hydrogens (tertiary/aromatic N) is 2. The average Bonchev–Trinajstić information content (AvgIpc) is 3.07. The fourth-order valence-corrected chi connectivity index (χ4v) is 3.03. The summed E-state index contributed by atoms with van der Waals surface area (Å²) in [6.07, 6.45) is 3.72. The van der Waals surface area contributed by atoms with Gasteiger partial charge in [-0.1, -0.05) is 30.3 Å². The Kier molecular flexibility index (Phi) is 4.21. The highest BCUT2D eigenvalue weighted by atomic mass is 16.5. The van der Waals surface area contributed by atoms with Gasteiger partial charge >= 0.3 is 0 Å². The zero-order valence-electron chi connectivity index (χ0n) is 13.9. The molecule has 25 heavy (non-hydrogen) atoms. The Morgan fingerprint density at radius 3 is 2.72 bits per heavy atom. The molecule has 1 atom stereocenters. The van der Waals surface area contributed by atoms with Crippen molar-refractivity contribution in [2.24, 2.45) is 10.7 Å². The normalized spacial score (nSPS) is 16.5. The number of pyridine rings is 1. The van der Waals surface area contributed by atoms with Crippen molar-refractivity contribution in [1.29, 1.82) is 0 Å². The lowest BCUT2D eigenvalue weighted by atomic mass is 10.1. The van der Waals surface area contributed by atoms with Crippen molar-refractivity contribution in [1.82, 2.24) is 4.98 Å². The van der Waals surface area contributed by atoms with Crippen LogP contribution in [0.25, 0.3) is 10.9 Å². The molecular formula is C20H20N4O. The second-order valence-electron chi connectivity index (χ2n) is 6.17. The number of ether oxygens (including phenoxy) is 1. The van der Waals surface area contributed by atoms with E-state index in [0.29, 0.717) is 12.6 Å². The molecule has 0 spiro atoms. The minimum absolute atomic E-state index is 0.180. The van der Waals surface area contributed by atoms with E-state index < -0.39 is 0 Å². The summed E-state index contributed by atoms with van der Waals surface area (Å²) in [5.41, 5.74) is 9.86. The minimum atomic E-state index is 0.180. The van der Waals surface area contributed by atoms with Crippen molar-refractivity contribution in [3.05, 3.63) is 66.4 Å². The second kappa shape index (κ2) is 6.81. The summed E-state index contributed by atoms with van der Waals surface area (Å²) in [6.45, 7) is 0.597. The Morgan fingerprint density at radius 1 is 1.08 bits per heavy atom. The SMILES string of the molecule is NC1=N[C@@H](CCc2ccc(Nc3cccc4cccnc34)cc2)CO1. The van der Waals surface area contributed by atoms with Crippen LogP contribution in [0.2, 0.25) is 0 Å². The minimum Gasteiger partial charge on any atom is -0.463 e. The third-order valence-corrected chi connectivity index (χ3v) is 4.37. The molecule has 5 heteroatoms. The summed E-state index contributed by atoms with van der Waals surface area (Å²) in [5.74, 6) is 0. The summed E-state index contributed by atoms with van der Waals surface area (Å²) < 4.78 is 5.19. The van der Waals surface area contributed by atoms with Crippen molar-refractivity contribution < 1.29 is 4.74 Å². The topological polar surface area (TPSA) is 72.5 Å². The van der Waals surface area contributed by atoms with Crippen LogP contribution < -0.4 is 11.1 Å². The monoisotopic (exact) mass is 332 g/mol. The summed E-state index contributed by atoms with van der Waals surface area (Å²) in [6, 6.07) is 19.1. The molecule has 4 rings (SSSR count). The summed E-state index contributed by atoms with van der Waals surface area (Å²) >= 11 is 0. The number of aryl methyl sites for hydroxylation is 1. The lowest BCUT2D eigenvalue weighted by Crippen LogP contribution is -2.10. The van der Waals surface area contributed by atoms with Crippen molar-refractivity contribution in [3.63, 3.8) is 0 Å². The van der Waals surface area contributed by atoms with Crippen LogP contribution in [0.3, 0.4) is 0 Å². The van der Waals surface area contributed by atoms with E-state index in [0.717, 1.165) is 35.1 Å². The smallest absolute Gasteiger partial charge is 0.282 e. The lowest BCUT2D eigenvalue weighted by Gasteiger charge is -2.10. The Labute approximate surface area is 146 Å². The molecule has 0 fully saturated rings. The van der Waals surface area contributed by atoms with E-state index in [1.54, 1.807) is 0 Å². The second-order valence-corrected chi connectivity index (χ2v) is 6.17. The van der Waals surface area contributed by atoms with Gasteiger partial charge in [0.2, 0.25) is 0 Å². The van der Waals surface area contributed by atoms with Crippen LogP contribution in [0, 0.1) is 0 Å². The fraction of sp³-hybridized carbons (Fsp3) is 0.200. The van der Waals surface area contributed by atoms with Crippen LogP contribution in [0.1, 0.15) is 12.0 Å². The predicted molar refractivity (Wildman–Crippen MR) is 101 cm³/mol. The van der Waals surface area contributed by atoms with Crippen molar-refractivity contribution >= 4 is 28.3 Å². The molecule has 2 heterocycles. The van der Waals surface area contributed by atoms with Gasteiger partial charge in [-0.15, -0.1) is 0 Å². The number of nitrogens with one attached hydrogen (secondary N) is 1. The number of benzene rings is 2. The number of hydrogen-bond acceptors (Lipinski definition) is 5. The van der Waals surface area contributed by atoms with E-state index in [-0.39, 0.29) is 6.04 Å². The maximum absolute atomic E-state index is 5.54. The highest BCUT2D eigenvalue weighted by Crippen LogP contribution is 2.25. The van der Waals surface area contributed by atoms with E-state index in [9.17, 15) is 0 Å². The van der Waals surface area contributed by atoms with Gasteiger partial charge in [0.05, 0.1) is 17.2 Å². The third-order valence-electron chi connectivity index (χ3n) is 4.37. The molecule has 3 N–H and O–H groups in total. The highest BCUT2D eigenvalue weighted by molar-refractivity contribution is 5.91. The largest absolute Gasteiger partial charge is 0.463 e. The molecule has 3 aromatic rings. The number of nitrogens with two attached hydrogens (primary N) is 1. The molecule has 0 aliphatic carbocycles. The molecule has 0 bridgehead atoms. The van der Waals surface area contributed by atoms with Crippen LogP contribution >= 0.6 is 0 Å². The Balaban J connectivity index is 1.43. The molecule has 1 aromatic heterocycles. The van der Waals surface area contributed by atoms with E-state index in [4.69, 9.17) is 10.5 Å². The average molecular weight is 332 g/mol. The number of amidine groups is 1. The molecule has 5 nitrogen and oxygen atoms in total. The molecule has 0 amide bonds. The predicted octanol–water partition coefficient (Wildman–Crippen LogP) is 3.62. The zero-order valence-corrected chi connectivity index (χ0v) is 13.9. The number of aromatic nitrogens is 1. The number of aliphatic imine (C=N–C) groups is 1. The first kappa shape index (κ1) is 15.4. The van der Waals surface area contributed by atoms with Gasteiger partial charge in [0.1, 0.15) is 6.61 Å². The number of hydrogen-bond donors (Lipinski definition) is 2. The molecular weight excluding hydrogens is 312 g/mol. The van der Waals surface area contributed by atoms with Crippen molar-refractivity contribution in [2.75, 3.05) is 11.9 Å². The maximum Gasteiger partial charge on any atom is 0.282 e. The molecule has 0 saturated carbocycles. The van der Waals surface area contributed by atoms with E-state index in [2.05, 4.69) is 51.7 Å². The van der Waals surface area contributed by atoms with E-state index in [1.807, 2.05) is 24.4 Å². The lowest BCUT2D eigenvalue weighted by molar-refractivity contribution is 0.308. The standard InChI is InChI=1S/C20H20N4O/c21-20-24-17(13-25-20)11-8-14-6-9-16(10-7-14)23-18-5-1-3-15-4-2-12-22-19(15)18/h1-7,9-10,12,17,23H,8,11,13H2,(H2,21,24)/t17-/m0/s1. The summed E-state index contributed by atoms with van der Waals surface area (Å²) in [4.78, 5) is 8.74. The van der Waals surface area contributed by atoms with Gasteiger partial charge in [0, 0.05) is 17.3 Å². The number of rotatable bonds is 5. The van der Waals surface area contributed by atoms with Crippen LogP contribution in [-0.4, -0.2) is 23.7 Å². The Hall–Kier alpha value is -3.08. The van der Waals surface area contributed by atoms with E-state index >= 15 is 0 Å². The molecule has 0 radical (unpaired) electrons. The summed E-state index contributed by atoms with van der Waals surface area (Å²) in [7, 11) is 0. The maximum atomic E-state index is 5.54. The number of fused-ring (bicyclic) bond motifs is 1. The van der Waals surface area contributed by atoms with E-state index in [1.165, 1.54) is 5.56 Å². The van der Waals surface area contributed by atoms with Gasteiger partial charge in [0.25, 0.3) is 6.02 Å². The van der Waals surface area contributed by atoms with Crippen LogP contribution in [-0.2, 0) is 11.2 Å². The molecule has 0 unspecified atom stereocenters. The Morgan fingerprint density at radius 2 is 1.92 bits per heavy atom. The van der Waals surface area contributed by atoms with Crippen molar-refractivity contribution in [2.45, 2.75) is 18.9 Å². The van der Waals surface area contributed by atoms with Gasteiger partial charge in [-0.3, -0.25) is 4.98 Å². The Bertz CT molecular complexity index is 900. The third kappa shape index (κ3) is 3.55. The first-order valence-corrected chi connectivity index (χ1v) is 8.44. The van der Waals surface area contributed by atoms with Gasteiger partial charge in [0.15, 0.2) is 0 Å². The molecule has 1 aliphatic rings. The van der Waals surface area contributed by atoms with Gasteiger partial charge in [-0.05, 0) is 42.7 Å². The van der Waals surface area contributed by atoms with Gasteiger partial charge in [-0.2, -0.15) is 0 Å². The molecule has 1 aliphatic heterocycles. The zero-order chi connectivity index (χ0) is 17.1. The number of para-hydroxylation sites is 1. The fourth-order valence-electron chi connectivity index (χ4n) is 3.03. The first-order valence-electron chi connectivity index (χ1n) is 8.44. The van der Waals surface area contributed by atoms with Crippen LogP contribution in [0.4, 0.5) is 11.4 Å². The van der Waals surface area contributed by atoms with Gasteiger partial charge < -0.3 is 15.8 Å². The van der Waals surface area contributed by atoms with Gasteiger partial charge in [-0.25, -0.2) is 4.99 Å². The first-order chi connectivity index (χ1) is 12.3. The summed E-state index contributed by atoms with van der Waals surface area (Å²) in [5, 5.41) is 4.58. The molecule has 126 valence electrons. The van der Waals surface area contributed by atoms with Crippen molar-refractivity contribution in [3.8, 4) is 0 Å². The van der Waals surface area contributed by atoms with Crippen LogP contribution in [0.5, 0.6) is 0 Å². The quantitative estimate of drug-likeness (QED) is 0.748.